The van der Waals surface area contributed by atoms with E-state index < -0.39 is 0 Å². The summed E-state index contributed by atoms with van der Waals surface area (Å²) in [6, 6.07) is 8.11. The lowest BCUT2D eigenvalue weighted by Gasteiger charge is -2.20. The summed E-state index contributed by atoms with van der Waals surface area (Å²) in [5.41, 5.74) is 7.45. The van der Waals surface area contributed by atoms with E-state index in [1.165, 1.54) is 5.56 Å². The molecule has 0 saturated heterocycles. The van der Waals surface area contributed by atoms with E-state index in [0.29, 0.717) is 0 Å². The minimum absolute atomic E-state index is 0.0956. The number of aromatic nitrogens is 1. The van der Waals surface area contributed by atoms with Gasteiger partial charge in [0.25, 0.3) is 0 Å². The maximum absolute atomic E-state index is 5.77. The van der Waals surface area contributed by atoms with Gasteiger partial charge in [-0.2, -0.15) is 0 Å². The Bertz CT molecular complexity index is 598. The molecular formula is C15H17N3O. The highest BCUT2D eigenvalue weighted by molar-refractivity contribution is 5.49. The quantitative estimate of drug-likeness (QED) is 0.649. The minimum atomic E-state index is -0.0956. The molecule has 3 rings (SSSR count). The van der Waals surface area contributed by atoms with Crippen molar-refractivity contribution in [1.82, 2.24) is 10.4 Å². The maximum Gasteiger partial charge on any atom is 0.127 e. The average molecular weight is 255 g/mol. The number of pyridine rings is 1. The topological polar surface area (TPSA) is 60.2 Å². The highest BCUT2D eigenvalue weighted by Crippen LogP contribution is 2.36. The molecular weight excluding hydrogens is 238 g/mol. The Kier molecular flexibility index (Phi) is 3.19. The predicted molar refractivity (Wildman–Crippen MR) is 73.8 cm³/mol. The molecule has 0 aliphatic carbocycles. The lowest BCUT2D eigenvalue weighted by atomic mass is 9.95. The molecule has 1 atom stereocenters. The Labute approximate surface area is 112 Å². The fourth-order valence-electron chi connectivity index (χ4n) is 2.59. The number of fused-ring (bicyclic) bond motifs is 1. The van der Waals surface area contributed by atoms with Crippen LogP contribution in [-0.4, -0.2) is 11.6 Å². The van der Waals surface area contributed by atoms with Crippen molar-refractivity contribution >= 4 is 0 Å². The van der Waals surface area contributed by atoms with Crippen LogP contribution in [0, 0.1) is 6.92 Å². The highest BCUT2D eigenvalue weighted by Gasteiger charge is 2.23. The first-order chi connectivity index (χ1) is 9.31. The Hall–Kier alpha value is -1.91. The van der Waals surface area contributed by atoms with Crippen molar-refractivity contribution in [1.29, 1.82) is 0 Å². The molecule has 1 aliphatic rings. The summed E-state index contributed by atoms with van der Waals surface area (Å²) in [6.45, 7) is 2.81. The Morgan fingerprint density at radius 1 is 1.32 bits per heavy atom. The molecule has 2 aromatic rings. The molecule has 3 N–H and O–H groups in total. The molecule has 0 radical (unpaired) electrons. The van der Waals surface area contributed by atoms with Crippen LogP contribution < -0.4 is 16.0 Å². The Balaban J connectivity index is 2.09. The molecule has 0 saturated carbocycles. The molecule has 1 aromatic heterocycles. The summed E-state index contributed by atoms with van der Waals surface area (Å²) < 4.78 is 5.76. The first-order valence-corrected chi connectivity index (χ1v) is 6.42. The van der Waals surface area contributed by atoms with E-state index >= 15 is 0 Å². The summed E-state index contributed by atoms with van der Waals surface area (Å²) in [6.07, 6.45) is 4.61. The SMILES string of the molecule is Cc1ccncc1C(NN)c1cccc2c1OCC2. The van der Waals surface area contributed by atoms with Crippen molar-refractivity contribution in [2.24, 2.45) is 5.84 Å². The van der Waals surface area contributed by atoms with Crippen LogP contribution in [0.1, 0.15) is 28.3 Å². The van der Waals surface area contributed by atoms with Gasteiger partial charge in [-0.1, -0.05) is 18.2 Å². The molecule has 0 fully saturated rings. The molecule has 0 bridgehead atoms. The summed E-state index contributed by atoms with van der Waals surface area (Å²) in [4.78, 5) is 4.20. The molecule has 19 heavy (non-hydrogen) atoms. The molecule has 0 spiro atoms. The second-order valence-corrected chi connectivity index (χ2v) is 4.77. The summed E-state index contributed by atoms with van der Waals surface area (Å²) >= 11 is 0. The van der Waals surface area contributed by atoms with E-state index in [-0.39, 0.29) is 6.04 Å². The third-order valence-corrected chi connectivity index (χ3v) is 3.61. The van der Waals surface area contributed by atoms with E-state index in [4.69, 9.17) is 10.6 Å². The van der Waals surface area contributed by atoms with Crippen LogP contribution >= 0.6 is 0 Å². The smallest absolute Gasteiger partial charge is 0.127 e. The van der Waals surface area contributed by atoms with Crippen molar-refractivity contribution in [3.8, 4) is 5.75 Å². The summed E-state index contributed by atoms with van der Waals surface area (Å²) in [5.74, 6) is 6.73. The zero-order valence-electron chi connectivity index (χ0n) is 10.9. The van der Waals surface area contributed by atoms with E-state index in [2.05, 4.69) is 35.5 Å². The fraction of sp³-hybridized carbons (Fsp3) is 0.267. The lowest BCUT2D eigenvalue weighted by molar-refractivity contribution is 0.350. The summed E-state index contributed by atoms with van der Waals surface area (Å²) in [5, 5.41) is 0. The van der Waals surface area contributed by atoms with E-state index in [9.17, 15) is 0 Å². The van der Waals surface area contributed by atoms with E-state index in [0.717, 1.165) is 35.5 Å². The Morgan fingerprint density at radius 2 is 2.21 bits per heavy atom. The van der Waals surface area contributed by atoms with E-state index in [1.54, 1.807) is 6.20 Å². The molecule has 1 aliphatic heterocycles. The van der Waals surface area contributed by atoms with Gasteiger partial charge in [0, 0.05) is 24.4 Å². The van der Waals surface area contributed by atoms with Gasteiger partial charge in [-0.05, 0) is 29.7 Å². The second-order valence-electron chi connectivity index (χ2n) is 4.77. The van der Waals surface area contributed by atoms with Gasteiger partial charge in [-0.3, -0.25) is 10.8 Å². The number of hydrogen-bond acceptors (Lipinski definition) is 4. The Morgan fingerprint density at radius 3 is 3.00 bits per heavy atom. The lowest BCUT2D eigenvalue weighted by Crippen LogP contribution is -2.29. The van der Waals surface area contributed by atoms with Crippen LogP contribution in [0.4, 0.5) is 0 Å². The third-order valence-electron chi connectivity index (χ3n) is 3.61. The monoisotopic (exact) mass is 255 g/mol. The van der Waals surface area contributed by atoms with Gasteiger partial charge in [0.1, 0.15) is 5.75 Å². The number of nitrogens with one attached hydrogen (secondary N) is 1. The number of ether oxygens (including phenoxy) is 1. The van der Waals surface area contributed by atoms with Crippen molar-refractivity contribution in [3.63, 3.8) is 0 Å². The zero-order chi connectivity index (χ0) is 13.2. The van der Waals surface area contributed by atoms with Crippen LogP contribution in [-0.2, 0) is 6.42 Å². The maximum atomic E-state index is 5.77. The van der Waals surface area contributed by atoms with Crippen molar-refractivity contribution < 1.29 is 4.74 Å². The number of benzene rings is 1. The average Bonchev–Trinajstić information content (AvgIpc) is 2.91. The summed E-state index contributed by atoms with van der Waals surface area (Å²) in [7, 11) is 0. The molecule has 4 heteroatoms. The number of hydrazine groups is 1. The zero-order valence-corrected chi connectivity index (χ0v) is 10.9. The number of rotatable bonds is 3. The number of aryl methyl sites for hydroxylation is 1. The van der Waals surface area contributed by atoms with Gasteiger partial charge in [-0.25, -0.2) is 5.43 Å². The van der Waals surface area contributed by atoms with Crippen molar-refractivity contribution in [2.75, 3.05) is 6.61 Å². The number of hydrogen-bond donors (Lipinski definition) is 2. The molecule has 1 unspecified atom stereocenters. The third kappa shape index (κ3) is 2.09. The van der Waals surface area contributed by atoms with E-state index in [1.807, 2.05) is 12.3 Å². The van der Waals surface area contributed by atoms with Gasteiger partial charge >= 0.3 is 0 Å². The molecule has 2 heterocycles. The van der Waals surface area contributed by atoms with Crippen LogP contribution in [0.3, 0.4) is 0 Å². The largest absolute Gasteiger partial charge is 0.493 e. The number of para-hydroxylation sites is 1. The number of nitrogens with zero attached hydrogens (tertiary/aromatic N) is 1. The first kappa shape index (κ1) is 12.1. The van der Waals surface area contributed by atoms with Crippen LogP contribution in [0.2, 0.25) is 0 Å². The molecule has 4 nitrogen and oxygen atoms in total. The van der Waals surface area contributed by atoms with Gasteiger partial charge in [0.15, 0.2) is 0 Å². The molecule has 0 amide bonds. The van der Waals surface area contributed by atoms with Gasteiger partial charge < -0.3 is 4.74 Å². The fourth-order valence-corrected chi connectivity index (χ4v) is 2.59. The normalized spacial score (nSPS) is 14.8. The van der Waals surface area contributed by atoms with Crippen LogP contribution in [0.5, 0.6) is 5.75 Å². The van der Waals surface area contributed by atoms with Crippen molar-refractivity contribution in [3.05, 3.63) is 58.9 Å². The van der Waals surface area contributed by atoms with Crippen LogP contribution in [0.15, 0.2) is 36.7 Å². The van der Waals surface area contributed by atoms with Gasteiger partial charge in [0.05, 0.1) is 12.6 Å². The molecule has 98 valence electrons. The number of nitrogens with two attached hydrogens (primary N) is 1. The minimum Gasteiger partial charge on any atom is -0.493 e. The van der Waals surface area contributed by atoms with Gasteiger partial charge in [-0.15, -0.1) is 0 Å². The molecule has 1 aromatic carbocycles. The highest BCUT2D eigenvalue weighted by atomic mass is 16.5. The predicted octanol–water partition coefficient (Wildman–Crippen LogP) is 1.88. The first-order valence-electron chi connectivity index (χ1n) is 6.42. The van der Waals surface area contributed by atoms with Crippen LogP contribution in [0.25, 0.3) is 0 Å². The second kappa shape index (κ2) is 4.99. The standard InChI is InChI=1S/C15H17N3O/c1-10-5-7-17-9-13(10)14(18-16)12-4-2-3-11-6-8-19-15(11)12/h2-5,7,9,14,18H,6,8,16H2,1H3. The van der Waals surface area contributed by atoms with Gasteiger partial charge in [0.2, 0.25) is 0 Å². The van der Waals surface area contributed by atoms with Crippen molar-refractivity contribution in [2.45, 2.75) is 19.4 Å².